The van der Waals surface area contributed by atoms with Crippen molar-refractivity contribution in [2.45, 2.75) is 57.2 Å². The Morgan fingerprint density at radius 1 is 1.00 bits per heavy atom. The highest BCUT2D eigenvalue weighted by atomic mass is 32.3. The molecule has 1 aliphatic carbocycles. The third kappa shape index (κ3) is 7.12. The van der Waals surface area contributed by atoms with Crippen molar-refractivity contribution in [1.82, 2.24) is 4.31 Å². The fraction of sp³-hybridized carbons (Fsp3) is 1.00. The first kappa shape index (κ1) is 20.4. The van der Waals surface area contributed by atoms with E-state index in [0.29, 0.717) is 50.9 Å². The van der Waals surface area contributed by atoms with Crippen LogP contribution in [0.2, 0.25) is 0 Å². The molecule has 0 bridgehead atoms. The van der Waals surface area contributed by atoms with Crippen molar-refractivity contribution in [2.24, 2.45) is 0 Å². The van der Waals surface area contributed by atoms with Gasteiger partial charge < -0.3 is 9.47 Å². The van der Waals surface area contributed by atoms with Crippen LogP contribution < -0.4 is 0 Å². The largest absolute Gasteiger partial charge is 0.352 e. The molecule has 0 N–H and O–H groups in total. The number of ether oxygens (including phenoxy) is 2. The normalized spacial score (nSPS) is 22.0. The summed E-state index contributed by atoms with van der Waals surface area (Å²) in [5.74, 6) is 0. The molecule has 0 aromatic heterocycles. The molecule has 10 heteroatoms. The van der Waals surface area contributed by atoms with Crippen LogP contribution in [-0.2, 0) is 33.8 Å². The molecule has 24 heavy (non-hydrogen) atoms. The standard InChI is InChI=1S/C14H27NO7S2/c1-18-21-22-23-12-24(16,17)15-9-7-14(8-10-15)20-11-19-13-5-3-2-4-6-13/h13-14H,2-12H2,1H3. The van der Waals surface area contributed by atoms with Gasteiger partial charge in [-0.3, -0.25) is 0 Å². The molecule has 1 saturated carbocycles. The van der Waals surface area contributed by atoms with E-state index in [1.807, 2.05) is 0 Å². The topological polar surface area (TPSA) is 83.5 Å². The van der Waals surface area contributed by atoms with Gasteiger partial charge in [-0.1, -0.05) is 24.3 Å². The SMILES string of the molecule is COOOSCS(=O)(=O)N1CCC(OCOC2CCCCC2)CC1. The van der Waals surface area contributed by atoms with Crippen molar-refractivity contribution < 1.29 is 32.2 Å². The van der Waals surface area contributed by atoms with E-state index < -0.39 is 10.0 Å². The second-order valence-corrected chi connectivity index (χ2v) is 8.95. The van der Waals surface area contributed by atoms with Crippen molar-refractivity contribution >= 4 is 22.1 Å². The molecule has 2 aliphatic rings. The van der Waals surface area contributed by atoms with Crippen LogP contribution in [0.4, 0.5) is 0 Å². The number of sulfonamides is 1. The molecule has 0 unspecified atom stereocenters. The third-order valence-electron chi connectivity index (χ3n) is 4.30. The Balaban J connectivity index is 1.59. The van der Waals surface area contributed by atoms with E-state index in [9.17, 15) is 8.42 Å². The molecule has 1 heterocycles. The van der Waals surface area contributed by atoms with Gasteiger partial charge in [0.1, 0.15) is 11.9 Å². The van der Waals surface area contributed by atoms with Crippen molar-refractivity contribution in [2.75, 3.05) is 32.1 Å². The van der Waals surface area contributed by atoms with Gasteiger partial charge in [-0.05, 0) is 25.7 Å². The molecular formula is C14H27NO7S2. The van der Waals surface area contributed by atoms with Crippen LogP contribution in [0.15, 0.2) is 0 Å². The van der Waals surface area contributed by atoms with Crippen molar-refractivity contribution in [3.8, 4) is 0 Å². The van der Waals surface area contributed by atoms with Gasteiger partial charge in [0.05, 0.1) is 31.4 Å². The van der Waals surface area contributed by atoms with Gasteiger partial charge in [0.2, 0.25) is 10.0 Å². The number of nitrogens with zero attached hydrogens (tertiary/aromatic N) is 1. The molecule has 142 valence electrons. The number of rotatable bonds is 10. The van der Waals surface area contributed by atoms with Gasteiger partial charge in [0, 0.05) is 13.1 Å². The lowest BCUT2D eigenvalue weighted by Gasteiger charge is -2.31. The Morgan fingerprint density at radius 3 is 2.25 bits per heavy atom. The van der Waals surface area contributed by atoms with Gasteiger partial charge in [-0.2, -0.15) is 0 Å². The van der Waals surface area contributed by atoms with Crippen molar-refractivity contribution in [3.05, 3.63) is 0 Å². The summed E-state index contributed by atoms with van der Waals surface area (Å²) in [4.78, 5) is 4.22. The maximum Gasteiger partial charge on any atom is 0.225 e. The molecule has 0 spiro atoms. The maximum atomic E-state index is 12.1. The van der Waals surface area contributed by atoms with Crippen LogP contribution in [0, 0.1) is 0 Å². The van der Waals surface area contributed by atoms with Crippen LogP contribution in [-0.4, -0.2) is 57.0 Å². The summed E-state index contributed by atoms with van der Waals surface area (Å²) >= 11 is 0.681. The van der Waals surface area contributed by atoms with Crippen molar-refractivity contribution in [3.63, 3.8) is 0 Å². The monoisotopic (exact) mass is 385 g/mol. The van der Waals surface area contributed by atoms with E-state index in [4.69, 9.17) is 9.47 Å². The first-order chi connectivity index (χ1) is 11.6. The zero-order chi connectivity index (χ0) is 17.3. The lowest BCUT2D eigenvalue weighted by Crippen LogP contribution is -2.41. The highest BCUT2D eigenvalue weighted by molar-refractivity contribution is 8.08. The van der Waals surface area contributed by atoms with Gasteiger partial charge in [0.15, 0.2) is 0 Å². The first-order valence-electron chi connectivity index (χ1n) is 8.32. The smallest absolute Gasteiger partial charge is 0.225 e. The molecular weight excluding hydrogens is 358 g/mol. The summed E-state index contributed by atoms with van der Waals surface area (Å²) in [6, 6.07) is 0. The minimum Gasteiger partial charge on any atom is -0.352 e. The molecule has 8 nitrogen and oxygen atoms in total. The van der Waals surface area contributed by atoms with Gasteiger partial charge in [0.25, 0.3) is 0 Å². The molecule has 0 amide bonds. The van der Waals surface area contributed by atoms with E-state index in [0.717, 1.165) is 12.8 Å². The average Bonchev–Trinajstić information content (AvgIpc) is 2.60. The first-order valence-corrected chi connectivity index (χ1v) is 10.8. The van der Waals surface area contributed by atoms with Gasteiger partial charge in [-0.25, -0.2) is 17.6 Å². The summed E-state index contributed by atoms with van der Waals surface area (Å²) in [6.07, 6.45) is 7.73. The number of piperidine rings is 1. The van der Waals surface area contributed by atoms with E-state index >= 15 is 0 Å². The van der Waals surface area contributed by atoms with Gasteiger partial charge in [-0.15, -0.1) is 4.33 Å². The minimum absolute atomic E-state index is 0.0563. The summed E-state index contributed by atoms with van der Waals surface area (Å²) < 4.78 is 41.7. The van der Waals surface area contributed by atoms with Crippen LogP contribution >= 0.6 is 12.0 Å². The highest BCUT2D eigenvalue weighted by Gasteiger charge is 2.29. The Labute approximate surface area is 148 Å². The molecule has 0 aromatic rings. The molecule has 2 rings (SSSR count). The second kappa shape index (κ2) is 10.9. The average molecular weight is 386 g/mol. The van der Waals surface area contributed by atoms with E-state index in [1.54, 1.807) is 0 Å². The van der Waals surface area contributed by atoms with Crippen LogP contribution in [0.3, 0.4) is 0 Å². The maximum absolute atomic E-state index is 12.1. The summed E-state index contributed by atoms with van der Waals surface area (Å²) in [6.45, 7) is 1.20. The molecule has 1 aliphatic heterocycles. The Bertz CT molecular complexity index is 434. The summed E-state index contributed by atoms with van der Waals surface area (Å²) in [5, 5.41) is 3.96. The number of hydrogen-bond acceptors (Lipinski definition) is 8. The summed E-state index contributed by atoms with van der Waals surface area (Å²) in [7, 11) is -2.10. The molecule has 0 radical (unpaired) electrons. The Kier molecular flexibility index (Phi) is 9.27. The Hall–Kier alpha value is 0.0600. The molecule has 0 aromatic carbocycles. The zero-order valence-corrected chi connectivity index (χ0v) is 15.7. The van der Waals surface area contributed by atoms with E-state index in [-0.39, 0.29) is 11.2 Å². The third-order valence-corrected chi connectivity index (χ3v) is 7.18. The summed E-state index contributed by atoms with van der Waals surface area (Å²) in [5.41, 5.74) is 0. The van der Waals surface area contributed by atoms with Gasteiger partial charge >= 0.3 is 0 Å². The lowest BCUT2D eigenvalue weighted by molar-refractivity contribution is -0.447. The predicted octanol–water partition coefficient (Wildman–Crippen LogP) is 2.22. The number of hydrogen-bond donors (Lipinski definition) is 0. The predicted molar refractivity (Wildman–Crippen MR) is 89.1 cm³/mol. The van der Waals surface area contributed by atoms with Crippen LogP contribution in [0.5, 0.6) is 0 Å². The fourth-order valence-electron chi connectivity index (χ4n) is 2.94. The second-order valence-electron chi connectivity index (χ2n) is 5.96. The van der Waals surface area contributed by atoms with Crippen molar-refractivity contribution in [1.29, 1.82) is 0 Å². The van der Waals surface area contributed by atoms with E-state index in [2.05, 4.69) is 14.3 Å². The Morgan fingerprint density at radius 2 is 1.62 bits per heavy atom. The minimum atomic E-state index is -3.38. The molecule has 2 fully saturated rings. The quantitative estimate of drug-likeness (QED) is 0.186. The van der Waals surface area contributed by atoms with Crippen LogP contribution in [0.25, 0.3) is 0 Å². The molecule has 0 atom stereocenters. The zero-order valence-electron chi connectivity index (χ0n) is 14.1. The van der Waals surface area contributed by atoms with Crippen LogP contribution in [0.1, 0.15) is 44.9 Å². The highest BCUT2D eigenvalue weighted by Crippen LogP contribution is 2.22. The fourth-order valence-corrected chi connectivity index (χ4v) is 5.04. The van der Waals surface area contributed by atoms with E-state index in [1.165, 1.54) is 30.7 Å². The lowest BCUT2D eigenvalue weighted by atomic mass is 9.98. The molecule has 1 saturated heterocycles.